The molecule has 0 aliphatic heterocycles. The van der Waals surface area contributed by atoms with Crippen molar-refractivity contribution in [1.29, 1.82) is 0 Å². The lowest BCUT2D eigenvalue weighted by atomic mass is 9.74. The number of hydrogen-bond donors (Lipinski definition) is 3. The molecule has 0 amide bonds. The summed E-state index contributed by atoms with van der Waals surface area (Å²) in [7, 11) is 1.28. The smallest absolute Gasteiger partial charge is 0.418 e. The summed E-state index contributed by atoms with van der Waals surface area (Å²) in [5.41, 5.74) is -5.87. The first-order chi connectivity index (χ1) is 14.1. The van der Waals surface area contributed by atoms with Crippen LogP contribution < -0.4 is 15.5 Å². The van der Waals surface area contributed by atoms with Crippen LogP contribution in [0.1, 0.15) is 31.4 Å². The van der Waals surface area contributed by atoms with E-state index < -0.39 is 41.5 Å². The van der Waals surface area contributed by atoms with Gasteiger partial charge in [-0.3, -0.25) is 15.2 Å². The molecule has 7 nitrogen and oxygen atoms in total. The lowest BCUT2D eigenvalue weighted by molar-refractivity contribution is -0.271. The number of ether oxygens (including phenoxy) is 1. The fourth-order valence-electron chi connectivity index (χ4n) is 3.55. The van der Waals surface area contributed by atoms with E-state index in [1.54, 1.807) is 0 Å². The predicted molar refractivity (Wildman–Crippen MR) is 103 cm³/mol. The Balaban J connectivity index is 2.55. The maximum absolute atomic E-state index is 14.0. The number of alkyl halides is 3. The minimum absolute atomic E-state index is 0.103. The highest BCUT2D eigenvalue weighted by Crippen LogP contribution is 2.44. The fraction of sp³-hybridized carbons (Fsp3) is 0.450. The molecule has 11 heteroatoms. The van der Waals surface area contributed by atoms with Crippen LogP contribution in [0, 0.1) is 12.7 Å². The van der Waals surface area contributed by atoms with Crippen molar-refractivity contribution in [3.05, 3.63) is 57.8 Å². The third-order valence-corrected chi connectivity index (χ3v) is 5.11. The summed E-state index contributed by atoms with van der Waals surface area (Å²) >= 11 is 0. The van der Waals surface area contributed by atoms with Crippen LogP contribution in [0.25, 0.3) is 0 Å². The number of pyridine rings is 1. The van der Waals surface area contributed by atoms with Crippen LogP contribution in [-0.4, -0.2) is 39.0 Å². The van der Waals surface area contributed by atoms with Gasteiger partial charge in [-0.2, -0.15) is 13.2 Å². The number of aryl methyl sites for hydroxylation is 1. The van der Waals surface area contributed by atoms with Gasteiger partial charge in [-0.1, -0.05) is 13.8 Å². The highest BCUT2D eigenvalue weighted by molar-refractivity contribution is 5.46. The zero-order valence-electron chi connectivity index (χ0n) is 17.4. The van der Waals surface area contributed by atoms with Gasteiger partial charge in [0.05, 0.1) is 13.7 Å². The Morgan fingerprint density at radius 2 is 1.77 bits per heavy atom. The normalized spacial score (nSPS) is 14.3. The number of hydrogen-bond acceptors (Lipinski definition) is 6. The molecule has 0 fully saturated rings. The summed E-state index contributed by atoms with van der Waals surface area (Å²) in [4.78, 5) is 12.2. The van der Waals surface area contributed by atoms with E-state index in [-0.39, 0.29) is 27.8 Å². The maximum Gasteiger partial charge on any atom is 0.418 e. The fourth-order valence-corrected chi connectivity index (χ4v) is 3.55. The molecule has 0 aliphatic carbocycles. The van der Waals surface area contributed by atoms with Gasteiger partial charge in [-0.25, -0.2) is 4.39 Å². The van der Waals surface area contributed by atoms with Crippen LogP contribution in [0.3, 0.4) is 0 Å². The van der Waals surface area contributed by atoms with Crippen molar-refractivity contribution in [3.8, 4) is 5.75 Å². The number of anilines is 1. The number of nitrogens with zero attached hydrogens (tertiary/aromatic N) is 2. The monoisotopic (exact) mass is 448 g/mol. The molecule has 2 rings (SSSR count). The summed E-state index contributed by atoms with van der Waals surface area (Å²) in [5, 5.41) is 28.8. The Hall–Kier alpha value is -2.63. The second kappa shape index (κ2) is 8.48. The van der Waals surface area contributed by atoms with E-state index in [0.29, 0.717) is 4.57 Å². The van der Waals surface area contributed by atoms with Gasteiger partial charge < -0.3 is 14.4 Å². The van der Waals surface area contributed by atoms with Gasteiger partial charge in [-0.05, 0) is 42.5 Å². The number of rotatable bonds is 7. The molecule has 1 atom stereocenters. The molecule has 0 saturated heterocycles. The molecule has 0 bridgehead atoms. The maximum atomic E-state index is 14.0. The summed E-state index contributed by atoms with van der Waals surface area (Å²) in [6.45, 7) is 2.90. The van der Waals surface area contributed by atoms with Gasteiger partial charge in [0.1, 0.15) is 17.3 Å². The first-order valence-electron chi connectivity index (χ1n) is 9.13. The zero-order chi connectivity index (χ0) is 23.8. The summed E-state index contributed by atoms with van der Waals surface area (Å²) in [6.07, 6.45) is -5.32. The van der Waals surface area contributed by atoms with E-state index in [1.165, 1.54) is 33.9 Å². The van der Waals surface area contributed by atoms with Gasteiger partial charge in [0, 0.05) is 17.8 Å². The molecule has 3 N–H and O–H groups in total. The van der Waals surface area contributed by atoms with Gasteiger partial charge in [0.15, 0.2) is 5.60 Å². The highest BCUT2D eigenvalue weighted by Gasteiger charge is 2.56. The highest BCUT2D eigenvalue weighted by atomic mass is 19.4. The summed E-state index contributed by atoms with van der Waals surface area (Å²) < 4.78 is 61.4. The average molecular weight is 448 g/mol. The van der Waals surface area contributed by atoms with Gasteiger partial charge in [0.2, 0.25) is 0 Å². The molecular formula is C20H24F4N2O5. The minimum Gasteiger partial charge on any atom is -0.496 e. The van der Waals surface area contributed by atoms with E-state index in [1.807, 2.05) is 0 Å². The minimum atomic E-state index is -5.17. The number of aliphatic hydroxyl groups is 1. The number of methoxy groups -OCH3 is 1. The lowest BCUT2D eigenvalue weighted by Gasteiger charge is -2.38. The van der Waals surface area contributed by atoms with Crippen LogP contribution in [-0.2, 0) is 12.0 Å². The van der Waals surface area contributed by atoms with E-state index >= 15 is 0 Å². The molecule has 1 aromatic carbocycles. The van der Waals surface area contributed by atoms with Crippen LogP contribution in [0.2, 0.25) is 0 Å². The quantitative estimate of drug-likeness (QED) is 0.443. The third kappa shape index (κ3) is 5.17. The van der Waals surface area contributed by atoms with E-state index in [0.717, 1.165) is 24.4 Å². The molecule has 1 heterocycles. The Morgan fingerprint density at radius 1 is 1.16 bits per heavy atom. The molecule has 172 valence electrons. The van der Waals surface area contributed by atoms with Crippen LogP contribution in [0.15, 0.2) is 35.3 Å². The zero-order valence-corrected chi connectivity index (χ0v) is 17.4. The van der Waals surface area contributed by atoms with E-state index in [2.05, 4.69) is 0 Å². The standard InChI is InChI=1S/C20H24F4N2O5/c1-12-7-17(27)25(9-15(12)26(29)30)11-19(28,20(22,23)24)10-18(2,3)14-8-13(21)5-6-16(14)31-4/h5-9,28-30H,10-11H2,1-4H3. The Morgan fingerprint density at radius 3 is 2.29 bits per heavy atom. The van der Waals surface area contributed by atoms with Crippen molar-refractivity contribution in [2.24, 2.45) is 0 Å². The number of aromatic nitrogens is 1. The number of halogens is 4. The topological polar surface area (TPSA) is 95.2 Å². The van der Waals surface area contributed by atoms with Crippen molar-refractivity contribution < 1.29 is 37.8 Å². The van der Waals surface area contributed by atoms with Crippen molar-refractivity contribution in [2.75, 3.05) is 12.3 Å². The van der Waals surface area contributed by atoms with Crippen LogP contribution in [0.5, 0.6) is 5.75 Å². The SMILES string of the molecule is COc1ccc(F)cc1C(C)(C)CC(O)(Cn1cc(N(O)O)c(C)cc1=O)C(F)(F)F. The van der Waals surface area contributed by atoms with E-state index in [9.17, 15) is 37.9 Å². The molecule has 2 aromatic rings. The Labute approximate surface area is 175 Å². The van der Waals surface area contributed by atoms with Crippen LogP contribution in [0.4, 0.5) is 23.2 Å². The second-order valence-electron chi connectivity index (χ2n) is 8.03. The summed E-state index contributed by atoms with van der Waals surface area (Å²) in [6, 6.07) is 4.30. The molecule has 0 saturated carbocycles. The average Bonchev–Trinajstić information content (AvgIpc) is 2.62. The van der Waals surface area contributed by atoms with Crippen molar-refractivity contribution in [3.63, 3.8) is 0 Å². The molecule has 31 heavy (non-hydrogen) atoms. The van der Waals surface area contributed by atoms with E-state index in [4.69, 9.17) is 4.74 Å². The van der Waals surface area contributed by atoms with Gasteiger partial charge in [0.25, 0.3) is 5.56 Å². The number of benzene rings is 1. The van der Waals surface area contributed by atoms with Crippen LogP contribution >= 0.6 is 0 Å². The largest absolute Gasteiger partial charge is 0.496 e. The lowest BCUT2D eigenvalue weighted by Crippen LogP contribution is -2.53. The predicted octanol–water partition coefficient (Wildman–Crippen LogP) is 3.55. The summed E-state index contributed by atoms with van der Waals surface area (Å²) in [5.74, 6) is -0.549. The van der Waals surface area contributed by atoms with Gasteiger partial charge >= 0.3 is 6.18 Å². The van der Waals surface area contributed by atoms with Crippen molar-refractivity contribution in [1.82, 2.24) is 4.57 Å². The first kappa shape index (κ1) is 24.6. The van der Waals surface area contributed by atoms with Crippen molar-refractivity contribution in [2.45, 2.75) is 50.9 Å². The third-order valence-electron chi connectivity index (χ3n) is 5.11. The Bertz CT molecular complexity index is 1000. The molecule has 0 aliphatic rings. The first-order valence-corrected chi connectivity index (χ1v) is 9.13. The molecular weight excluding hydrogens is 424 g/mol. The molecule has 0 radical (unpaired) electrons. The van der Waals surface area contributed by atoms with Gasteiger partial charge in [-0.15, -0.1) is 5.23 Å². The second-order valence-corrected chi connectivity index (χ2v) is 8.03. The van der Waals surface area contributed by atoms with Crippen molar-refractivity contribution >= 4 is 5.69 Å². The molecule has 1 aromatic heterocycles. The molecule has 1 unspecified atom stereocenters. The molecule has 0 spiro atoms. The Kier molecular flexibility index (Phi) is 6.74.